The van der Waals surface area contributed by atoms with Gasteiger partial charge in [0.2, 0.25) is 0 Å². The molecular weight excluding hydrogens is 306 g/mol. The fourth-order valence-corrected chi connectivity index (χ4v) is 2.88. The van der Waals surface area contributed by atoms with Crippen molar-refractivity contribution in [3.8, 4) is 17.2 Å². The molecule has 1 unspecified atom stereocenters. The van der Waals surface area contributed by atoms with Gasteiger partial charge in [-0.3, -0.25) is 4.79 Å². The van der Waals surface area contributed by atoms with E-state index in [1.54, 1.807) is 31.2 Å². The lowest BCUT2D eigenvalue weighted by Crippen LogP contribution is -2.37. The van der Waals surface area contributed by atoms with Crippen molar-refractivity contribution in [3.63, 3.8) is 0 Å². The minimum atomic E-state index is -0.0809. The van der Waals surface area contributed by atoms with Crippen LogP contribution in [0.1, 0.15) is 18.0 Å². The van der Waals surface area contributed by atoms with Crippen LogP contribution in [0.2, 0.25) is 0 Å². The summed E-state index contributed by atoms with van der Waals surface area (Å²) in [7, 11) is 3.38. The summed E-state index contributed by atoms with van der Waals surface area (Å²) in [4.78, 5) is 14.3. The largest absolute Gasteiger partial charge is 0.493 e. The zero-order valence-corrected chi connectivity index (χ0v) is 13.9. The van der Waals surface area contributed by atoms with E-state index in [1.807, 2.05) is 36.4 Å². The Morgan fingerprint density at radius 3 is 2.67 bits per heavy atom. The number of methoxy groups -OCH3 is 1. The number of benzene rings is 2. The van der Waals surface area contributed by atoms with Crippen molar-refractivity contribution in [2.45, 2.75) is 12.5 Å². The molecule has 1 amide bonds. The molecule has 2 aromatic rings. The first kappa shape index (κ1) is 16.2. The number of rotatable bonds is 5. The molecule has 1 atom stereocenters. The highest BCUT2D eigenvalue weighted by molar-refractivity contribution is 5.78. The molecule has 24 heavy (non-hydrogen) atoms. The number of fused-ring (bicyclic) bond motifs is 1. The van der Waals surface area contributed by atoms with Crippen LogP contribution in [0.3, 0.4) is 0 Å². The molecule has 0 spiro atoms. The Kier molecular flexibility index (Phi) is 4.89. The Morgan fingerprint density at radius 2 is 1.88 bits per heavy atom. The van der Waals surface area contributed by atoms with Crippen molar-refractivity contribution in [1.82, 2.24) is 4.90 Å². The van der Waals surface area contributed by atoms with Crippen LogP contribution in [0, 0.1) is 0 Å². The van der Waals surface area contributed by atoms with E-state index in [0.717, 1.165) is 17.7 Å². The molecule has 0 saturated heterocycles. The Hall–Kier alpha value is -2.69. The van der Waals surface area contributed by atoms with Crippen LogP contribution in [0.15, 0.2) is 48.5 Å². The number of likely N-dealkylation sites (N-methyl/N-ethyl adjacent to an activating group) is 1. The van der Waals surface area contributed by atoms with Crippen LogP contribution < -0.4 is 14.2 Å². The number of carbonyl (C=O) groups is 1. The maximum Gasteiger partial charge on any atom is 0.260 e. The molecule has 0 aliphatic carbocycles. The predicted molar refractivity (Wildman–Crippen MR) is 90.6 cm³/mol. The van der Waals surface area contributed by atoms with Gasteiger partial charge in [0.05, 0.1) is 19.8 Å². The molecule has 5 heteroatoms. The molecule has 1 aliphatic rings. The molecule has 126 valence electrons. The average molecular weight is 327 g/mol. The quantitative estimate of drug-likeness (QED) is 0.847. The van der Waals surface area contributed by atoms with E-state index in [-0.39, 0.29) is 18.6 Å². The fraction of sp³-hybridized carbons (Fsp3) is 0.316. The molecule has 0 aromatic heterocycles. The Bertz CT molecular complexity index is 716. The second-order valence-electron chi connectivity index (χ2n) is 5.63. The molecular formula is C19H21NO4. The number of hydrogen-bond acceptors (Lipinski definition) is 4. The van der Waals surface area contributed by atoms with E-state index >= 15 is 0 Å². The van der Waals surface area contributed by atoms with Gasteiger partial charge in [-0.2, -0.15) is 0 Å². The summed E-state index contributed by atoms with van der Waals surface area (Å²) < 4.78 is 16.5. The zero-order chi connectivity index (χ0) is 16.9. The summed E-state index contributed by atoms with van der Waals surface area (Å²) in [5.41, 5.74) is 1.04. The topological polar surface area (TPSA) is 48.0 Å². The summed E-state index contributed by atoms with van der Waals surface area (Å²) in [5.74, 6) is 1.94. The van der Waals surface area contributed by atoms with Crippen LogP contribution >= 0.6 is 0 Å². The van der Waals surface area contributed by atoms with Gasteiger partial charge in [-0.15, -0.1) is 0 Å². The van der Waals surface area contributed by atoms with Gasteiger partial charge in [0.1, 0.15) is 5.75 Å². The second-order valence-corrected chi connectivity index (χ2v) is 5.63. The minimum Gasteiger partial charge on any atom is -0.493 e. The highest BCUT2D eigenvalue weighted by Crippen LogP contribution is 2.35. The van der Waals surface area contributed by atoms with Gasteiger partial charge in [-0.05, 0) is 18.2 Å². The van der Waals surface area contributed by atoms with Crippen LogP contribution in [-0.4, -0.2) is 38.2 Å². The lowest BCUT2D eigenvalue weighted by Gasteiger charge is -2.33. The molecule has 0 radical (unpaired) electrons. The number of carbonyl (C=O) groups excluding carboxylic acids is 1. The van der Waals surface area contributed by atoms with Gasteiger partial charge in [-0.1, -0.05) is 30.3 Å². The first-order chi connectivity index (χ1) is 11.7. The van der Waals surface area contributed by atoms with E-state index in [9.17, 15) is 4.79 Å². The van der Waals surface area contributed by atoms with E-state index in [2.05, 4.69) is 0 Å². The Morgan fingerprint density at radius 1 is 1.17 bits per heavy atom. The maximum absolute atomic E-state index is 12.5. The van der Waals surface area contributed by atoms with Crippen molar-refractivity contribution >= 4 is 5.91 Å². The molecule has 5 nitrogen and oxygen atoms in total. The standard InChI is InChI=1S/C19H21NO4/c1-20(15-11-12-23-16-8-4-3-7-14(15)16)19(21)13-24-18-10-6-5-9-17(18)22-2/h3-10,15H,11-13H2,1-2H3. The van der Waals surface area contributed by atoms with Gasteiger partial charge >= 0.3 is 0 Å². The zero-order valence-electron chi connectivity index (χ0n) is 13.9. The first-order valence-electron chi connectivity index (χ1n) is 7.94. The normalized spacial score (nSPS) is 15.8. The minimum absolute atomic E-state index is 0.00344. The third kappa shape index (κ3) is 3.30. The number of para-hydroxylation sites is 3. The summed E-state index contributed by atoms with van der Waals surface area (Å²) in [5, 5.41) is 0. The van der Waals surface area contributed by atoms with Crippen molar-refractivity contribution < 1.29 is 19.0 Å². The van der Waals surface area contributed by atoms with E-state index in [0.29, 0.717) is 18.1 Å². The van der Waals surface area contributed by atoms with E-state index in [1.165, 1.54) is 0 Å². The molecule has 0 fully saturated rings. The van der Waals surface area contributed by atoms with Crippen LogP contribution in [0.25, 0.3) is 0 Å². The lowest BCUT2D eigenvalue weighted by atomic mass is 9.99. The summed E-state index contributed by atoms with van der Waals surface area (Å²) >= 11 is 0. The van der Waals surface area contributed by atoms with Crippen molar-refractivity contribution in [1.29, 1.82) is 0 Å². The maximum atomic E-state index is 12.5. The van der Waals surface area contributed by atoms with Crippen molar-refractivity contribution in [2.24, 2.45) is 0 Å². The van der Waals surface area contributed by atoms with Gasteiger partial charge < -0.3 is 19.1 Å². The lowest BCUT2D eigenvalue weighted by molar-refractivity contribution is -0.134. The van der Waals surface area contributed by atoms with Crippen molar-refractivity contribution in [2.75, 3.05) is 27.4 Å². The van der Waals surface area contributed by atoms with Gasteiger partial charge in [-0.25, -0.2) is 0 Å². The number of nitrogens with zero attached hydrogens (tertiary/aromatic N) is 1. The van der Waals surface area contributed by atoms with Gasteiger partial charge in [0, 0.05) is 19.0 Å². The summed E-state index contributed by atoms with van der Waals surface area (Å²) in [6.45, 7) is 0.572. The van der Waals surface area contributed by atoms with Crippen LogP contribution in [0.5, 0.6) is 17.2 Å². The molecule has 0 N–H and O–H groups in total. The molecule has 2 aromatic carbocycles. The average Bonchev–Trinajstić information content (AvgIpc) is 2.65. The predicted octanol–water partition coefficient (Wildman–Crippen LogP) is 3.06. The van der Waals surface area contributed by atoms with Crippen LogP contribution in [-0.2, 0) is 4.79 Å². The van der Waals surface area contributed by atoms with Gasteiger partial charge in [0.15, 0.2) is 18.1 Å². The van der Waals surface area contributed by atoms with Crippen LogP contribution in [0.4, 0.5) is 0 Å². The molecule has 3 rings (SSSR count). The third-order valence-corrected chi connectivity index (χ3v) is 4.21. The number of amides is 1. The number of ether oxygens (including phenoxy) is 3. The second kappa shape index (κ2) is 7.25. The first-order valence-corrected chi connectivity index (χ1v) is 7.94. The summed E-state index contributed by atoms with van der Waals surface area (Å²) in [6.07, 6.45) is 0.772. The van der Waals surface area contributed by atoms with E-state index < -0.39 is 0 Å². The summed E-state index contributed by atoms with van der Waals surface area (Å²) in [6, 6.07) is 15.1. The fourth-order valence-electron chi connectivity index (χ4n) is 2.88. The van der Waals surface area contributed by atoms with Gasteiger partial charge in [0.25, 0.3) is 5.91 Å². The molecule has 1 aliphatic heterocycles. The monoisotopic (exact) mass is 327 g/mol. The highest BCUT2D eigenvalue weighted by Gasteiger charge is 2.27. The molecule has 0 bridgehead atoms. The molecule has 0 saturated carbocycles. The number of hydrogen-bond donors (Lipinski definition) is 0. The third-order valence-electron chi connectivity index (χ3n) is 4.21. The highest BCUT2D eigenvalue weighted by atomic mass is 16.5. The Balaban J connectivity index is 1.67. The SMILES string of the molecule is COc1ccccc1OCC(=O)N(C)C1CCOc2ccccc21. The van der Waals surface area contributed by atoms with Crippen molar-refractivity contribution in [3.05, 3.63) is 54.1 Å². The molecule has 1 heterocycles. The van der Waals surface area contributed by atoms with E-state index in [4.69, 9.17) is 14.2 Å². The Labute approximate surface area is 141 Å². The smallest absolute Gasteiger partial charge is 0.260 e.